The van der Waals surface area contributed by atoms with Gasteiger partial charge < -0.3 is 4.57 Å². The lowest BCUT2D eigenvalue weighted by Gasteiger charge is -2.21. The minimum absolute atomic E-state index is 0.360. The summed E-state index contributed by atoms with van der Waals surface area (Å²) in [6.07, 6.45) is 2.66. The number of para-hydroxylation sites is 1. The molecule has 3 rings (SSSR count). The van der Waals surface area contributed by atoms with E-state index in [9.17, 15) is 13.2 Å². The quantitative estimate of drug-likeness (QED) is 0.423. The smallest absolute Gasteiger partial charge is 0.260 e. The van der Waals surface area contributed by atoms with Crippen molar-refractivity contribution in [3.05, 3.63) is 82.2 Å². The fraction of sp³-hybridized carbons (Fsp3) is 0.280. The number of anilines is 1. The molecule has 0 saturated carbocycles. The van der Waals surface area contributed by atoms with Crippen molar-refractivity contribution in [3.8, 4) is 5.69 Å². The zero-order valence-corrected chi connectivity index (χ0v) is 20.7. The lowest BCUT2D eigenvalue weighted by Crippen LogP contribution is -2.39. The van der Waals surface area contributed by atoms with Gasteiger partial charge in [-0.2, -0.15) is 5.10 Å². The Morgan fingerprint density at radius 1 is 1.03 bits per heavy atom. The van der Waals surface area contributed by atoms with Crippen molar-refractivity contribution in [3.63, 3.8) is 0 Å². The Labute approximate surface area is 195 Å². The highest BCUT2D eigenvalue weighted by Gasteiger charge is 2.21. The number of carbonyl (C=O) groups excluding carboxylic acids is 1. The molecule has 0 unspecified atom stereocenters. The van der Waals surface area contributed by atoms with Gasteiger partial charge in [-0.15, -0.1) is 0 Å². The molecule has 0 atom stereocenters. The summed E-state index contributed by atoms with van der Waals surface area (Å²) in [5, 5.41) is 4.08. The Kier molecular flexibility index (Phi) is 7.07. The normalized spacial score (nSPS) is 11.7. The molecule has 0 saturated heterocycles. The molecule has 1 amide bonds. The Hall–Kier alpha value is -3.39. The lowest BCUT2D eigenvalue weighted by atomic mass is 10.1. The third-order valence-electron chi connectivity index (χ3n) is 5.50. The zero-order chi connectivity index (χ0) is 24.3. The number of hydrogen-bond acceptors (Lipinski definition) is 4. The summed E-state index contributed by atoms with van der Waals surface area (Å²) in [6, 6.07) is 15.2. The second-order valence-corrected chi connectivity index (χ2v) is 10.2. The summed E-state index contributed by atoms with van der Waals surface area (Å²) in [6.45, 7) is 9.70. The van der Waals surface area contributed by atoms with E-state index < -0.39 is 15.9 Å². The fourth-order valence-corrected chi connectivity index (χ4v) is 4.79. The van der Waals surface area contributed by atoms with Gasteiger partial charge >= 0.3 is 0 Å². The van der Waals surface area contributed by atoms with Gasteiger partial charge in [0.1, 0.15) is 6.54 Å². The van der Waals surface area contributed by atoms with Gasteiger partial charge in [0.05, 0.1) is 23.8 Å². The summed E-state index contributed by atoms with van der Waals surface area (Å²) in [7, 11) is -3.64. The number of nitrogens with zero attached hydrogens (tertiary/aromatic N) is 3. The van der Waals surface area contributed by atoms with Crippen LogP contribution >= 0.6 is 0 Å². The van der Waals surface area contributed by atoms with Crippen molar-refractivity contribution < 1.29 is 13.2 Å². The van der Waals surface area contributed by atoms with E-state index in [1.54, 1.807) is 24.4 Å². The molecule has 7 nitrogen and oxygen atoms in total. The van der Waals surface area contributed by atoms with E-state index in [1.807, 2.05) is 39.0 Å². The third kappa shape index (κ3) is 5.51. The number of aromatic nitrogens is 1. The highest BCUT2D eigenvalue weighted by atomic mass is 32.2. The number of aryl methyl sites for hydroxylation is 4. The van der Waals surface area contributed by atoms with Crippen molar-refractivity contribution in [2.24, 2.45) is 5.10 Å². The number of carbonyl (C=O) groups is 1. The predicted octanol–water partition coefficient (Wildman–Crippen LogP) is 3.94. The van der Waals surface area contributed by atoms with Crippen LogP contribution in [0.25, 0.3) is 5.69 Å². The van der Waals surface area contributed by atoms with E-state index in [0.29, 0.717) is 5.69 Å². The van der Waals surface area contributed by atoms with E-state index >= 15 is 0 Å². The molecule has 2 aromatic carbocycles. The zero-order valence-electron chi connectivity index (χ0n) is 19.9. The van der Waals surface area contributed by atoms with Crippen molar-refractivity contribution in [2.75, 3.05) is 17.1 Å². The Balaban J connectivity index is 1.78. The molecule has 0 fully saturated rings. The molecule has 0 aliphatic rings. The number of rotatable bonds is 7. The van der Waals surface area contributed by atoms with Gasteiger partial charge in [-0.25, -0.2) is 13.8 Å². The van der Waals surface area contributed by atoms with E-state index in [0.717, 1.165) is 38.8 Å². The van der Waals surface area contributed by atoms with Gasteiger partial charge in [-0.1, -0.05) is 30.3 Å². The second-order valence-electron chi connectivity index (χ2n) is 8.30. The average molecular weight is 467 g/mol. The summed E-state index contributed by atoms with van der Waals surface area (Å²) in [4.78, 5) is 12.5. The molecule has 0 aliphatic heterocycles. The molecular formula is C25H30N4O3S. The second kappa shape index (κ2) is 9.62. The molecule has 0 aliphatic carbocycles. The van der Waals surface area contributed by atoms with Crippen LogP contribution in [-0.2, 0) is 14.8 Å². The Morgan fingerprint density at radius 2 is 1.67 bits per heavy atom. The first kappa shape index (κ1) is 24.3. The Bertz CT molecular complexity index is 1300. The van der Waals surface area contributed by atoms with Gasteiger partial charge in [-0.05, 0) is 69.5 Å². The first-order valence-electron chi connectivity index (χ1n) is 10.6. The molecule has 33 heavy (non-hydrogen) atoms. The van der Waals surface area contributed by atoms with Crippen LogP contribution in [0.5, 0.6) is 0 Å². The van der Waals surface area contributed by atoms with Crippen LogP contribution < -0.4 is 9.73 Å². The third-order valence-corrected chi connectivity index (χ3v) is 6.64. The summed E-state index contributed by atoms with van der Waals surface area (Å²) >= 11 is 0. The summed E-state index contributed by atoms with van der Waals surface area (Å²) in [5.41, 5.74) is 10.2. The number of benzene rings is 2. The van der Waals surface area contributed by atoms with E-state index in [2.05, 4.69) is 41.1 Å². The molecule has 1 heterocycles. The van der Waals surface area contributed by atoms with Crippen LogP contribution in [0.2, 0.25) is 0 Å². The molecule has 1 N–H and O–H groups in total. The van der Waals surface area contributed by atoms with Gasteiger partial charge in [0, 0.05) is 17.0 Å². The molecule has 1 aromatic heterocycles. The SMILES string of the molecule is Cc1cccc(N(CC(=O)N/N=C/c2cc(C)n(-c3c(C)cccc3C)c2C)S(C)(=O)=O)c1. The molecule has 174 valence electrons. The maximum atomic E-state index is 12.5. The van der Waals surface area contributed by atoms with Crippen LogP contribution in [0, 0.1) is 34.6 Å². The fourth-order valence-electron chi connectivity index (χ4n) is 3.94. The first-order valence-corrected chi connectivity index (χ1v) is 12.5. The van der Waals surface area contributed by atoms with E-state index in [1.165, 1.54) is 11.1 Å². The molecule has 0 spiro atoms. The van der Waals surface area contributed by atoms with Gasteiger partial charge in [0.25, 0.3) is 5.91 Å². The van der Waals surface area contributed by atoms with Crippen LogP contribution in [-0.4, -0.2) is 37.9 Å². The largest absolute Gasteiger partial charge is 0.317 e. The number of nitrogens with one attached hydrogen (secondary N) is 1. The number of hydrazone groups is 1. The summed E-state index contributed by atoms with van der Waals surface area (Å²) in [5.74, 6) is -0.526. The van der Waals surface area contributed by atoms with Crippen molar-refractivity contribution >= 4 is 27.8 Å². The topological polar surface area (TPSA) is 83.8 Å². The molecule has 0 bridgehead atoms. The van der Waals surface area contributed by atoms with Crippen molar-refractivity contribution in [1.29, 1.82) is 0 Å². The monoisotopic (exact) mass is 466 g/mol. The lowest BCUT2D eigenvalue weighted by molar-refractivity contribution is -0.119. The molecule has 3 aromatic rings. The van der Waals surface area contributed by atoms with Crippen LogP contribution in [0.3, 0.4) is 0 Å². The molecule has 0 radical (unpaired) electrons. The highest BCUT2D eigenvalue weighted by molar-refractivity contribution is 7.92. The maximum absolute atomic E-state index is 12.5. The van der Waals surface area contributed by atoms with Crippen LogP contribution in [0.4, 0.5) is 5.69 Å². The van der Waals surface area contributed by atoms with Crippen molar-refractivity contribution in [1.82, 2.24) is 9.99 Å². The first-order chi connectivity index (χ1) is 15.5. The van der Waals surface area contributed by atoms with E-state index in [4.69, 9.17) is 0 Å². The minimum atomic E-state index is -3.64. The molecular weight excluding hydrogens is 436 g/mol. The molecule has 8 heteroatoms. The van der Waals surface area contributed by atoms with Crippen LogP contribution in [0.15, 0.2) is 53.6 Å². The average Bonchev–Trinajstić information content (AvgIpc) is 2.99. The highest BCUT2D eigenvalue weighted by Crippen LogP contribution is 2.25. The van der Waals surface area contributed by atoms with E-state index in [-0.39, 0.29) is 6.54 Å². The van der Waals surface area contributed by atoms with Crippen molar-refractivity contribution in [2.45, 2.75) is 34.6 Å². The minimum Gasteiger partial charge on any atom is -0.317 e. The van der Waals surface area contributed by atoms with Gasteiger partial charge in [-0.3, -0.25) is 9.10 Å². The van der Waals surface area contributed by atoms with Gasteiger partial charge in [0.15, 0.2) is 0 Å². The standard InChI is InChI=1S/C25H30N4O3S/c1-17-9-7-12-23(13-17)28(33(6,31)32)16-24(30)27-26-15-22-14-20(4)29(21(22)5)25-18(2)10-8-11-19(25)3/h7-15H,16H2,1-6H3,(H,27,30)/b26-15+. The maximum Gasteiger partial charge on any atom is 0.260 e. The summed E-state index contributed by atoms with van der Waals surface area (Å²) < 4.78 is 27.8. The predicted molar refractivity (Wildman–Crippen MR) is 134 cm³/mol. The Morgan fingerprint density at radius 3 is 2.27 bits per heavy atom. The van der Waals surface area contributed by atoms with Crippen LogP contribution in [0.1, 0.15) is 33.6 Å². The number of hydrogen-bond donors (Lipinski definition) is 1. The number of amides is 1. The van der Waals surface area contributed by atoms with Gasteiger partial charge in [0.2, 0.25) is 10.0 Å². The number of sulfonamides is 1.